The fraction of sp³-hybridized carbons (Fsp3) is 0.767. The van der Waals surface area contributed by atoms with Crippen molar-refractivity contribution in [2.45, 2.75) is 136 Å². The number of benzene rings is 1. The third-order valence-corrected chi connectivity index (χ3v) is 6.62. The van der Waals surface area contributed by atoms with Crippen LogP contribution in [0, 0.1) is 5.92 Å². The summed E-state index contributed by atoms with van der Waals surface area (Å²) in [4.78, 5) is 10.4. The molecule has 0 spiro atoms. The lowest BCUT2D eigenvalue weighted by atomic mass is 9.97. The number of carbonyl (C=O) groups is 1. The summed E-state index contributed by atoms with van der Waals surface area (Å²) in [6.07, 6.45) is 26.5. The Morgan fingerprint density at radius 1 is 0.656 bits per heavy atom. The maximum absolute atomic E-state index is 10.4. The fourth-order valence-corrected chi connectivity index (χ4v) is 4.43. The first-order valence-corrected chi connectivity index (χ1v) is 13.9. The van der Waals surface area contributed by atoms with E-state index >= 15 is 0 Å². The highest BCUT2D eigenvalue weighted by molar-refractivity contribution is 5.49. The van der Waals surface area contributed by atoms with E-state index in [2.05, 4.69) is 37.3 Å². The van der Waals surface area contributed by atoms with Gasteiger partial charge in [0, 0.05) is 13.0 Å². The molecule has 0 bridgehead atoms. The Bertz CT molecular complexity index is 499. The molecule has 1 atom stereocenters. The van der Waals surface area contributed by atoms with Crippen LogP contribution in [0.5, 0.6) is 0 Å². The molecule has 2 nitrogen and oxygen atoms in total. The van der Waals surface area contributed by atoms with E-state index < -0.39 is 0 Å². The Labute approximate surface area is 199 Å². The Balaban J connectivity index is 1.68. The van der Waals surface area contributed by atoms with Crippen LogP contribution >= 0.6 is 0 Å². The molecule has 0 saturated heterocycles. The molecule has 1 aromatic carbocycles. The third kappa shape index (κ3) is 19.5. The number of hydrogen-bond acceptors (Lipinski definition) is 2. The van der Waals surface area contributed by atoms with Crippen LogP contribution in [0.3, 0.4) is 0 Å². The van der Waals surface area contributed by atoms with Gasteiger partial charge in [-0.25, -0.2) is 0 Å². The van der Waals surface area contributed by atoms with Crippen molar-refractivity contribution in [1.82, 2.24) is 0 Å². The summed E-state index contributed by atoms with van der Waals surface area (Å²) in [5.74, 6) is 0.727. The molecular formula is C30H52O2. The highest BCUT2D eigenvalue weighted by atomic mass is 16.5. The van der Waals surface area contributed by atoms with Crippen LogP contribution in [-0.4, -0.2) is 12.9 Å². The fourth-order valence-electron chi connectivity index (χ4n) is 4.43. The van der Waals surface area contributed by atoms with E-state index in [0.717, 1.165) is 38.3 Å². The quantitative estimate of drug-likeness (QED) is 0.117. The standard InChI is InChI=1S/C30H52O2/c1-29(23-21-26-31)22-17-14-12-10-8-6-4-2-3-5-7-9-11-13-15-20-27-32-28-30-24-18-16-19-25-30/h16,18-19,24-26,29H,2-15,17,20-23,27-28H2,1H3/t29-/m0/s1. The van der Waals surface area contributed by atoms with Crippen molar-refractivity contribution in [3.8, 4) is 0 Å². The number of carbonyl (C=O) groups excluding carboxylic acids is 1. The molecule has 0 saturated carbocycles. The second-order valence-electron chi connectivity index (χ2n) is 9.83. The van der Waals surface area contributed by atoms with Crippen LogP contribution in [0.15, 0.2) is 30.3 Å². The van der Waals surface area contributed by atoms with Gasteiger partial charge in [-0.15, -0.1) is 0 Å². The first-order valence-electron chi connectivity index (χ1n) is 13.9. The molecule has 0 aliphatic heterocycles. The van der Waals surface area contributed by atoms with E-state index in [1.807, 2.05) is 0 Å². The minimum absolute atomic E-state index is 0.727. The van der Waals surface area contributed by atoms with Gasteiger partial charge >= 0.3 is 0 Å². The molecule has 0 heterocycles. The van der Waals surface area contributed by atoms with Gasteiger partial charge in [-0.3, -0.25) is 0 Å². The van der Waals surface area contributed by atoms with Gasteiger partial charge in [0.25, 0.3) is 0 Å². The van der Waals surface area contributed by atoms with E-state index in [9.17, 15) is 4.79 Å². The molecule has 0 N–H and O–H groups in total. The van der Waals surface area contributed by atoms with E-state index in [4.69, 9.17) is 4.74 Å². The van der Waals surface area contributed by atoms with Crippen molar-refractivity contribution in [3.63, 3.8) is 0 Å². The first kappa shape index (κ1) is 28.9. The van der Waals surface area contributed by atoms with Crippen LogP contribution in [0.2, 0.25) is 0 Å². The molecule has 2 heteroatoms. The predicted molar refractivity (Wildman–Crippen MR) is 139 cm³/mol. The van der Waals surface area contributed by atoms with Gasteiger partial charge in [-0.2, -0.15) is 0 Å². The second kappa shape index (κ2) is 23.0. The minimum atomic E-state index is 0.727. The van der Waals surface area contributed by atoms with Gasteiger partial charge in [0.15, 0.2) is 0 Å². The van der Waals surface area contributed by atoms with Crippen molar-refractivity contribution < 1.29 is 9.53 Å². The molecule has 0 amide bonds. The van der Waals surface area contributed by atoms with Crippen molar-refractivity contribution in [2.75, 3.05) is 6.61 Å². The number of ether oxygens (including phenoxy) is 1. The van der Waals surface area contributed by atoms with Crippen molar-refractivity contribution in [2.24, 2.45) is 5.92 Å². The first-order chi connectivity index (χ1) is 15.8. The summed E-state index contributed by atoms with van der Waals surface area (Å²) in [5, 5.41) is 0. The molecule has 0 aliphatic rings. The summed E-state index contributed by atoms with van der Waals surface area (Å²) >= 11 is 0. The molecule has 1 rings (SSSR count). The Morgan fingerprint density at radius 3 is 1.62 bits per heavy atom. The van der Waals surface area contributed by atoms with E-state index in [1.165, 1.54) is 115 Å². The molecule has 0 unspecified atom stereocenters. The van der Waals surface area contributed by atoms with Crippen molar-refractivity contribution in [1.29, 1.82) is 0 Å². The zero-order valence-corrected chi connectivity index (χ0v) is 21.2. The molecule has 0 aliphatic carbocycles. The van der Waals surface area contributed by atoms with Crippen molar-refractivity contribution >= 4 is 6.29 Å². The average molecular weight is 445 g/mol. The van der Waals surface area contributed by atoms with Crippen LogP contribution in [0.4, 0.5) is 0 Å². The van der Waals surface area contributed by atoms with E-state index in [1.54, 1.807) is 0 Å². The Kier molecular flexibility index (Phi) is 20.8. The van der Waals surface area contributed by atoms with Gasteiger partial charge < -0.3 is 9.53 Å². The monoisotopic (exact) mass is 444 g/mol. The van der Waals surface area contributed by atoms with Gasteiger partial charge in [0.05, 0.1) is 6.61 Å². The number of hydrogen-bond donors (Lipinski definition) is 0. The van der Waals surface area contributed by atoms with E-state index in [0.29, 0.717) is 0 Å². The molecule has 0 fully saturated rings. The lowest BCUT2D eigenvalue weighted by Crippen LogP contribution is -1.95. The Hall–Kier alpha value is -1.15. The maximum Gasteiger partial charge on any atom is 0.120 e. The average Bonchev–Trinajstić information content (AvgIpc) is 2.82. The minimum Gasteiger partial charge on any atom is -0.377 e. The third-order valence-electron chi connectivity index (χ3n) is 6.62. The van der Waals surface area contributed by atoms with Gasteiger partial charge in [0.2, 0.25) is 0 Å². The molecular weight excluding hydrogens is 392 g/mol. The maximum atomic E-state index is 10.4. The molecule has 184 valence electrons. The lowest BCUT2D eigenvalue weighted by molar-refractivity contribution is -0.108. The highest BCUT2D eigenvalue weighted by Crippen LogP contribution is 2.17. The SMILES string of the molecule is C[C@H](CCC=O)CCCCCCCCCCCCCCCCCCOCc1ccccc1. The van der Waals surface area contributed by atoms with Crippen molar-refractivity contribution in [3.05, 3.63) is 35.9 Å². The number of unbranched alkanes of at least 4 members (excludes halogenated alkanes) is 15. The molecule has 0 radical (unpaired) electrons. The summed E-state index contributed by atoms with van der Waals surface area (Å²) in [6, 6.07) is 10.5. The highest BCUT2D eigenvalue weighted by Gasteiger charge is 2.01. The van der Waals surface area contributed by atoms with Crippen LogP contribution in [-0.2, 0) is 16.1 Å². The van der Waals surface area contributed by atoms with E-state index in [-0.39, 0.29) is 0 Å². The van der Waals surface area contributed by atoms with Gasteiger partial charge in [-0.05, 0) is 24.3 Å². The molecule has 32 heavy (non-hydrogen) atoms. The second-order valence-corrected chi connectivity index (χ2v) is 9.83. The van der Waals surface area contributed by atoms with Crippen LogP contribution in [0.1, 0.15) is 134 Å². The molecule has 1 aromatic rings. The summed E-state index contributed by atoms with van der Waals surface area (Å²) in [5.41, 5.74) is 1.27. The summed E-state index contributed by atoms with van der Waals surface area (Å²) in [6.45, 7) is 3.94. The molecule has 0 aromatic heterocycles. The normalized spacial score (nSPS) is 12.2. The van der Waals surface area contributed by atoms with Crippen LogP contribution < -0.4 is 0 Å². The predicted octanol–water partition coefficient (Wildman–Crippen LogP) is 9.45. The van der Waals surface area contributed by atoms with Crippen LogP contribution in [0.25, 0.3) is 0 Å². The smallest absolute Gasteiger partial charge is 0.120 e. The van der Waals surface area contributed by atoms with Gasteiger partial charge in [-0.1, -0.05) is 140 Å². The lowest BCUT2D eigenvalue weighted by Gasteiger charge is -2.08. The summed E-state index contributed by atoms with van der Waals surface area (Å²) < 4.78 is 5.75. The summed E-state index contributed by atoms with van der Waals surface area (Å²) in [7, 11) is 0. The Morgan fingerprint density at radius 2 is 1.12 bits per heavy atom. The zero-order valence-electron chi connectivity index (χ0n) is 21.2. The van der Waals surface area contributed by atoms with Gasteiger partial charge in [0.1, 0.15) is 6.29 Å². The largest absolute Gasteiger partial charge is 0.377 e. The number of rotatable bonds is 24. The zero-order chi connectivity index (χ0) is 23.0. The number of aldehydes is 1. The topological polar surface area (TPSA) is 26.3 Å².